The molecule has 0 aromatic heterocycles. The predicted molar refractivity (Wildman–Crippen MR) is 79.2 cm³/mol. The summed E-state index contributed by atoms with van der Waals surface area (Å²) in [6.07, 6.45) is 6.49. The lowest BCUT2D eigenvalue weighted by molar-refractivity contribution is 0.318. The van der Waals surface area contributed by atoms with Crippen LogP contribution in [0.1, 0.15) is 43.2 Å². The van der Waals surface area contributed by atoms with Gasteiger partial charge in [0.1, 0.15) is 5.75 Å². The molecule has 0 atom stereocenters. The van der Waals surface area contributed by atoms with Gasteiger partial charge in [-0.25, -0.2) is 0 Å². The van der Waals surface area contributed by atoms with Gasteiger partial charge in [0.15, 0.2) is 5.84 Å². The van der Waals surface area contributed by atoms with Crippen LogP contribution in [0.25, 0.3) is 0 Å². The largest absolute Gasteiger partial charge is 0.496 e. The number of oxime groups is 1. The van der Waals surface area contributed by atoms with Crippen LogP contribution in [0, 0.1) is 0 Å². The van der Waals surface area contributed by atoms with Crippen molar-refractivity contribution in [3.05, 3.63) is 29.3 Å². The molecule has 5 nitrogen and oxygen atoms in total. The molecular formula is C15H23N3O2. The van der Waals surface area contributed by atoms with Crippen LogP contribution in [0.15, 0.2) is 23.4 Å². The van der Waals surface area contributed by atoms with Gasteiger partial charge in [0.2, 0.25) is 0 Å². The highest BCUT2D eigenvalue weighted by Crippen LogP contribution is 2.21. The summed E-state index contributed by atoms with van der Waals surface area (Å²) in [6, 6.07) is 6.37. The summed E-state index contributed by atoms with van der Waals surface area (Å²) in [5.41, 5.74) is 7.41. The Hall–Kier alpha value is -1.75. The molecule has 1 aromatic carbocycles. The molecule has 1 aliphatic rings. The van der Waals surface area contributed by atoms with E-state index in [2.05, 4.69) is 10.5 Å². The molecule has 0 saturated heterocycles. The molecular weight excluding hydrogens is 254 g/mol. The molecule has 0 aliphatic heterocycles. The Balaban J connectivity index is 2.04. The van der Waals surface area contributed by atoms with E-state index >= 15 is 0 Å². The number of amidine groups is 1. The van der Waals surface area contributed by atoms with Gasteiger partial charge in [0.05, 0.1) is 12.7 Å². The maximum absolute atomic E-state index is 8.82. The van der Waals surface area contributed by atoms with Gasteiger partial charge in [0.25, 0.3) is 0 Å². The van der Waals surface area contributed by atoms with Gasteiger partial charge in [-0.05, 0) is 30.5 Å². The molecule has 0 unspecified atom stereocenters. The standard InChI is InChI=1S/C15H23N3O2/c1-20-14-8-7-11(9-13(14)15(16)18-19)10-17-12-5-3-2-4-6-12/h7-9,12,17,19H,2-6,10H2,1H3,(H2,16,18). The minimum absolute atomic E-state index is 0.0707. The minimum Gasteiger partial charge on any atom is -0.496 e. The first kappa shape index (κ1) is 14.7. The van der Waals surface area contributed by atoms with Crippen LogP contribution in [-0.2, 0) is 6.54 Å². The quantitative estimate of drug-likeness (QED) is 0.334. The second-order valence-electron chi connectivity index (χ2n) is 5.24. The molecule has 20 heavy (non-hydrogen) atoms. The first-order valence-corrected chi connectivity index (χ1v) is 7.12. The van der Waals surface area contributed by atoms with Gasteiger partial charge in [-0.2, -0.15) is 0 Å². The summed E-state index contributed by atoms with van der Waals surface area (Å²) in [5, 5.41) is 15.5. The molecule has 0 heterocycles. The van der Waals surface area contributed by atoms with E-state index < -0.39 is 0 Å². The van der Waals surface area contributed by atoms with Crippen molar-refractivity contribution in [1.82, 2.24) is 5.32 Å². The average molecular weight is 277 g/mol. The monoisotopic (exact) mass is 277 g/mol. The molecule has 1 aromatic rings. The molecule has 2 rings (SSSR count). The van der Waals surface area contributed by atoms with Crippen molar-refractivity contribution in [3.63, 3.8) is 0 Å². The van der Waals surface area contributed by atoms with Gasteiger partial charge in [-0.3, -0.25) is 0 Å². The van der Waals surface area contributed by atoms with Crippen LogP contribution in [0.4, 0.5) is 0 Å². The van der Waals surface area contributed by atoms with Gasteiger partial charge in [-0.1, -0.05) is 30.5 Å². The SMILES string of the molecule is COc1ccc(CNC2CCCCC2)cc1C(N)=NO. The molecule has 5 heteroatoms. The van der Waals surface area contributed by atoms with Crippen LogP contribution >= 0.6 is 0 Å². The Morgan fingerprint density at radius 2 is 2.15 bits per heavy atom. The average Bonchev–Trinajstić information content (AvgIpc) is 2.52. The fourth-order valence-electron chi connectivity index (χ4n) is 2.69. The molecule has 1 fully saturated rings. The summed E-state index contributed by atoms with van der Waals surface area (Å²) in [7, 11) is 1.57. The number of ether oxygens (including phenoxy) is 1. The van der Waals surface area contributed by atoms with E-state index in [0.717, 1.165) is 12.1 Å². The third-order valence-corrected chi connectivity index (χ3v) is 3.85. The molecule has 0 bridgehead atoms. The second kappa shape index (κ2) is 7.14. The third kappa shape index (κ3) is 3.63. The summed E-state index contributed by atoms with van der Waals surface area (Å²) < 4.78 is 5.23. The zero-order chi connectivity index (χ0) is 14.4. The van der Waals surface area contributed by atoms with Gasteiger partial charge < -0.3 is 21.0 Å². The number of rotatable bonds is 5. The van der Waals surface area contributed by atoms with E-state index in [4.69, 9.17) is 15.7 Å². The van der Waals surface area contributed by atoms with E-state index in [-0.39, 0.29) is 5.84 Å². The predicted octanol–water partition coefficient (Wildman–Crippen LogP) is 2.21. The van der Waals surface area contributed by atoms with Crippen molar-refractivity contribution in [2.24, 2.45) is 10.9 Å². The van der Waals surface area contributed by atoms with Gasteiger partial charge in [0, 0.05) is 12.6 Å². The van der Waals surface area contributed by atoms with Crippen molar-refractivity contribution >= 4 is 5.84 Å². The number of nitrogens with zero attached hydrogens (tertiary/aromatic N) is 1. The number of nitrogens with two attached hydrogens (primary N) is 1. The lowest BCUT2D eigenvalue weighted by atomic mass is 9.95. The van der Waals surface area contributed by atoms with Crippen LogP contribution in [0.2, 0.25) is 0 Å². The van der Waals surface area contributed by atoms with Crippen LogP contribution in [0.5, 0.6) is 5.75 Å². The lowest BCUT2D eigenvalue weighted by Gasteiger charge is -2.23. The highest BCUT2D eigenvalue weighted by molar-refractivity contribution is 5.99. The van der Waals surface area contributed by atoms with Crippen molar-refractivity contribution in [3.8, 4) is 5.75 Å². The molecule has 0 radical (unpaired) electrons. The van der Waals surface area contributed by atoms with Crippen molar-refractivity contribution < 1.29 is 9.94 Å². The Bertz CT molecular complexity index is 468. The summed E-state index contributed by atoms with van der Waals surface area (Å²) in [5.74, 6) is 0.683. The molecule has 1 saturated carbocycles. The summed E-state index contributed by atoms with van der Waals surface area (Å²) >= 11 is 0. The number of hydrogen-bond donors (Lipinski definition) is 3. The van der Waals surface area contributed by atoms with Crippen LogP contribution in [0.3, 0.4) is 0 Å². The molecule has 0 amide bonds. The number of benzene rings is 1. The maximum Gasteiger partial charge on any atom is 0.173 e. The van der Waals surface area contributed by atoms with E-state index in [9.17, 15) is 0 Å². The van der Waals surface area contributed by atoms with E-state index in [1.807, 2.05) is 18.2 Å². The molecule has 110 valence electrons. The topological polar surface area (TPSA) is 79.9 Å². The van der Waals surface area contributed by atoms with Gasteiger partial charge >= 0.3 is 0 Å². The van der Waals surface area contributed by atoms with Crippen molar-refractivity contribution in [2.75, 3.05) is 7.11 Å². The van der Waals surface area contributed by atoms with Crippen LogP contribution < -0.4 is 15.8 Å². The minimum atomic E-state index is 0.0707. The Labute approximate surface area is 119 Å². The zero-order valence-electron chi connectivity index (χ0n) is 11.9. The first-order chi connectivity index (χ1) is 9.74. The van der Waals surface area contributed by atoms with Crippen molar-refractivity contribution in [2.45, 2.75) is 44.7 Å². The molecule has 0 spiro atoms. The second-order valence-corrected chi connectivity index (χ2v) is 5.24. The number of hydrogen-bond acceptors (Lipinski definition) is 4. The van der Waals surface area contributed by atoms with Crippen LogP contribution in [-0.4, -0.2) is 24.2 Å². The summed E-state index contributed by atoms with van der Waals surface area (Å²) in [6.45, 7) is 0.792. The Kier molecular flexibility index (Phi) is 5.24. The smallest absolute Gasteiger partial charge is 0.173 e. The maximum atomic E-state index is 8.82. The van der Waals surface area contributed by atoms with E-state index in [1.165, 1.54) is 32.1 Å². The van der Waals surface area contributed by atoms with Crippen molar-refractivity contribution in [1.29, 1.82) is 0 Å². The normalized spacial score (nSPS) is 17.1. The van der Waals surface area contributed by atoms with E-state index in [1.54, 1.807) is 7.11 Å². The molecule has 4 N–H and O–H groups in total. The van der Waals surface area contributed by atoms with E-state index in [0.29, 0.717) is 17.4 Å². The first-order valence-electron chi connectivity index (χ1n) is 7.12. The lowest BCUT2D eigenvalue weighted by Crippen LogP contribution is -2.30. The summed E-state index contributed by atoms with van der Waals surface area (Å²) in [4.78, 5) is 0. The third-order valence-electron chi connectivity index (χ3n) is 3.85. The Morgan fingerprint density at radius 3 is 2.80 bits per heavy atom. The Morgan fingerprint density at radius 1 is 1.40 bits per heavy atom. The number of methoxy groups -OCH3 is 1. The fraction of sp³-hybridized carbons (Fsp3) is 0.533. The zero-order valence-corrected chi connectivity index (χ0v) is 11.9. The number of nitrogens with one attached hydrogen (secondary N) is 1. The fourth-order valence-corrected chi connectivity index (χ4v) is 2.69. The van der Waals surface area contributed by atoms with Gasteiger partial charge in [-0.15, -0.1) is 0 Å². The molecule has 1 aliphatic carbocycles. The highest BCUT2D eigenvalue weighted by Gasteiger charge is 2.13. The highest BCUT2D eigenvalue weighted by atomic mass is 16.5.